The fourth-order valence-corrected chi connectivity index (χ4v) is 3.06. The molecule has 0 bridgehead atoms. The molecule has 0 aliphatic heterocycles. The number of amides is 1. The molecule has 7 nitrogen and oxygen atoms in total. The quantitative estimate of drug-likeness (QED) is 0.669. The minimum absolute atomic E-state index is 0.0312. The van der Waals surface area contributed by atoms with E-state index >= 15 is 0 Å². The van der Waals surface area contributed by atoms with Gasteiger partial charge in [-0.3, -0.25) is 9.48 Å². The first-order valence-corrected chi connectivity index (χ1v) is 9.02. The average molecular weight is 392 g/mol. The normalized spacial score (nSPS) is 14.6. The van der Waals surface area contributed by atoms with Crippen molar-refractivity contribution in [3.63, 3.8) is 0 Å². The molecule has 0 spiro atoms. The highest BCUT2D eigenvalue weighted by Gasteiger charge is 2.37. The van der Waals surface area contributed by atoms with Crippen molar-refractivity contribution < 1.29 is 18.0 Å². The van der Waals surface area contributed by atoms with E-state index in [0.717, 1.165) is 18.9 Å². The maximum Gasteiger partial charge on any atom is 0.433 e. The van der Waals surface area contributed by atoms with Crippen molar-refractivity contribution in [3.8, 4) is 0 Å². The molecule has 1 fully saturated rings. The van der Waals surface area contributed by atoms with Crippen LogP contribution in [0.4, 0.5) is 13.2 Å². The van der Waals surface area contributed by atoms with Crippen LogP contribution in [0.5, 0.6) is 0 Å². The lowest BCUT2D eigenvalue weighted by Crippen LogP contribution is -2.27. The van der Waals surface area contributed by atoms with E-state index in [1.807, 2.05) is 6.92 Å². The fraction of sp³-hybridized carbons (Fsp3) is 0.444. The van der Waals surface area contributed by atoms with E-state index in [2.05, 4.69) is 15.2 Å². The van der Waals surface area contributed by atoms with Gasteiger partial charge in [0.25, 0.3) is 5.91 Å². The number of carbonyl (C=O) groups excluding carboxylic acids is 1. The summed E-state index contributed by atoms with van der Waals surface area (Å²) >= 11 is 0. The first-order chi connectivity index (χ1) is 13.3. The van der Waals surface area contributed by atoms with Gasteiger partial charge in [0.05, 0.1) is 12.2 Å². The molecule has 3 aromatic heterocycles. The van der Waals surface area contributed by atoms with Gasteiger partial charge in [-0.15, -0.1) is 0 Å². The number of nitrogens with zero attached hydrogens (tertiary/aromatic N) is 6. The van der Waals surface area contributed by atoms with Crippen LogP contribution in [-0.4, -0.2) is 42.2 Å². The molecule has 0 aromatic carbocycles. The second-order valence-corrected chi connectivity index (χ2v) is 6.96. The Bertz CT molecular complexity index is 1030. The van der Waals surface area contributed by atoms with Crippen molar-refractivity contribution in [2.24, 2.45) is 0 Å². The predicted molar refractivity (Wildman–Crippen MR) is 93.7 cm³/mol. The Labute approximate surface area is 158 Å². The standard InChI is InChI=1S/C18H19F3N6O/c1-3-26-7-6-12(23-26)10-25(2)17(28)14-9-16-22-13(11-4-5-11)8-15(18(19,20)21)27(16)24-14/h6-9,11H,3-5,10H2,1-2H3. The highest BCUT2D eigenvalue weighted by Crippen LogP contribution is 2.41. The van der Waals surface area contributed by atoms with Gasteiger partial charge < -0.3 is 4.90 Å². The zero-order valence-electron chi connectivity index (χ0n) is 15.4. The molecule has 0 atom stereocenters. The Morgan fingerprint density at radius 3 is 2.64 bits per heavy atom. The molecule has 1 aliphatic rings. The van der Waals surface area contributed by atoms with E-state index in [1.54, 1.807) is 24.0 Å². The second-order valence-electron chi connectivity index (χ2n) is 6.96. The molecule has 1 saturated carbocycles. The Hall–Kier alpha value is -2.91. The molecule has 0 unspecified atom stereocenters. The number of alkyl halides is 3. The zero-order valence-corrected chi connectivity index (χ0v) is 15.4. The van der Waals surface area contributed by atoms with Gasteiger partial charge >= 0.3 is 6.18 Å². The third-order valence-electron chi connectivity index (χ3n) is 4.72. The first kappa shape index (κ1) is 18.5. The maximum absolute atomic E-state index is 13.5. The van der Waals surface area contributed by atoms with Crippen molar-refractivity contribution in [2.75, 3.05) is 7.05 Å². The SMILES string of the molecule is CCn1ccc(CN(C)C(=O)c2cc3nc(C4CC4)cc(C(F)(F)F)n3n2)n1. The number of halogens is 3. The molecule has 0 radical (unpaired) electrons. The van der Waals surface area contributed by atoms with Crippen LogP contribution >= 0.6 is 0 Å². The highest BCUT2D eigenvalue weighted by atomic mass is 19.4. The molecular formula is C18H19F3N6O. The summed E-state index contributed by atoms with van der Waals surface area (Å²) in [6.07, 6.45) is -1.13. The van der Waals surface area contributed by atoms with Crippen LogP contribution in [0.3, 0.4) is 0 Å². The molecule has 0 N–H and O–H groups in total. The van der Waals surface area contributed by atoms with Crippen LogP contribution in [-0.2, 0) is 19.3 Å². The molecule has 10 heteroatoms. The summed E-state index contributed by atoms with van der Waals surface area (Å²) in [4.78, 5) is 18.4. The van der Waals surface area contributed by atoms with Crippen molar-refractivity contribution in [3.05, 3.63) is 47.2 Å². The molecule has 1 amide bonds. The van der Waals surface area contributed by atoms with Gasteiger partial charge in [-0.2, -0.15) is 23.4 Å². The largest absolute Gasteiger partial charge is 0.433 e. The van der Waals surface area contributed by atoms with Gasteiger partial charge in [0.1, 0.15) is 5.69 Å². The Kier molecular flexibility index (Phi) is 4.35. The summed E-state index contributed by atoms with van der Waals surface area (Å²) in [6.45, 7) is 2.88. The van der Waals surface area contributed by atoms with Gasteiger partial charge in [-0.05, 0) is 31.9 Å². The van der Waals surface area contributed by atoms with Crippen LogP contribution in [0.2, 0.25) is 0 Å². The Morgan fingerprint density at radius 2 is 2.04 bits per heavy atom. The van der Waals surface area contributed by atoms with Gasteiger partial charge in [0, 0.05) is 37.5 Å². The maximum atomic E-state index is 13.5. The summed E-state index contributed by atoms with van der Waals surface area (Å²) < 4.78 is 42.9. The predicted octanol–water partition coefficient (Wildman–Crippen LogP) is 3.11. The van der Waals surface area contributed by atoms with Crippen LogP contribution in [0, 0.1) is 0 Å². The lowest BCUT2D eigenvalue weighted by Gasteiger charge is -2.14. The smallest absolute Gasteiger partial charge is 0.334 e. The van der Waals surface area contributed by atoms with E-state index in [9.17, 15) is 18.0 Å². The third kappa shape index (κ3) is 3.46. The summed E-state index contributed by atoms with van der Waals surface area (Å²) in [5, 5.41) is 8.21. The Balaban J connectivity index is 1.65. The van der Waals surface area contributed by atoms with Crippen LogP contribution < -0.4 is 0 Å². The average Bonchev–Trinajstić information content (AvgIpc) is 3.25. The van der Waals surface area contributed by atoms with E-state index in [0.29, 0.717) is 22.4 Å². The number of rotatable bonds is 5. The van der Waals surface area contributed by atoms with Gasteiger partial charge in [-0.1, -0.05) is 0 Å². The number of fused-ring (bicyclic) bond motifs is 1. The number of aromatic nitrogens is 5. The number of carbonyl (C=O) groups is 1. The van der Waals surface area contributed by atoms with Crippen LogP contribution in [0.25, 0.3) is 5.65 Å². The molecule has 28 heavy (non-hydrogen) atoms. The number of aryl methyl sites for hydroxylation is 1. The first-order valence-electron chi connectivity index (χ1n) is 9.02. The van der Waals surface area contributed by atoms with Gasteiger partial charge in [0.2, 0.25) is 0 Å². The summed E-state index contributed by atoms with van der Waals surface area (Å²) in [5.41, 5.74) is 0.124. The monoisotopic (exact) mass is 392 g/mol. The lowest BCUT2D eigenvalue weighted by atomic mass is 10.2. The van der Waals surface area contributed by atoms with E-state index < -0.39 is 17.8 Å². The molecule has 3 aromatic rings. The summed E-state index contributed by atoms with van der Waals surface area (Å²) in [7, 11) is 1.56. The number of hydrogen-bond acceptors (Lipinski definition) is 4. The molecule has 4 rings (SSSR count). The van der Waals surface area contributed by atoms with Gasteiger partial charge in [-0.25, -0.2) is 9.50 Å². The van der Waals surface area contributed by atoms with Crippen molar-refractivity contribution in [2.45, 2.75) is 44.9 Å². The number of hydrogen-bond donors (Lipinski definition) is 0. The lowest BCUT2D eigenvalue weighted by molar-refractivity contribution is -0.142. The molecule has 3 heterocycles. The third-order valence-corrected chi connectivity index (χ3v) is 4.72. The van der Waals surface area contributed by atoms with Crippen LogP contribution in [0.15, 0.2) is 24.4 Å². The van der Waals surface area contributed by atoms with E-state index in [4.69, 9.17) is 0 Å². The molecule has 148 valence electrons. The Morgan fingerprint density at radius 1 is 1.29 bits per heavy atom. The van der Waals surface area contributed by atoms with E-state index in [-0.39, 0.29) is 23.8 Å². The molecular weight excluding hydrogens is 373 g/mol. The van der Waals surface area contributed by atoms with Crippen LogP contribution in [0.1, 0.15) is 53.3 Å². The topological polar surface area (TPSA) is 68.3 Å². The molecule has 0 saturated heterocycles. The zero-order chi connectivity index (χ0) is 20.1. The summed E-state index contributed by atoms with van der Waals surface area (Å²) in [5.74, 6) is -0.436. The minimum atomic E-state index is -4.59. The highest BCUT2D eigenvalue weighted by molar-refractivity contribution is 5.93. The minimum Gasteiger partial charge on any atom is -0.334 e. The van der Waals surface area contributed by atoms with Crippen molar-refractivity contribution in [1.82, 2.24) is 29.3 Å². The summed E-state index contributed by atoms with van der Waals surface area (Å²) in [6, 6.07) is 4.14. The molecule has 1 aliphatic carbocycles. The van der Waals surface area contributed by atoms with Crippen molar-refractivity contribution >= 4 is 11.6 Å². The second kappa shape index (κ2) is 6.61. The van der Waals surface area contributed by atoms with Gasteiger partial charge in [0.15, 0.2) is 11.3 Å². The van der Waals surface area contributed by atoms with E-state index in [1.165, 1.54) is 11.0 Å². The van der Waals surface area contributed by atoms with Crippen molar-refractivity contribution in [1.29, 1.82) is 0 Å². The fourth-order valence-electron chi connectivity index (χ4n) is 3.06.